The van der Waals surface area contributed by atoms with Crippen LogP contribution in [0.1, 0.15) is 27.8 Å². The average Bonchev–Trinajstić information content (AvgIpc) is 2.43. The molecule has 1 unspecified atom stereocenters. The SMILES string of the molecule is COP(=O)(O)c1ccccc1Cc1c(C)cc(C)cc1C. The quantitative estimate of drug-likeness (QED) is 0.877. The summed E-state index contributed by atoms with van der Waals surface area (Å²) >= 11 is 0. The molecule has 0 bridgehead atoms. The van der Waals surface area contributed by atoms with Gasteiger partial charge in [-0.1, -0.05) is 35.9 Å². The topological polar surface area (TPSA) is 46.5 Å². The minimum absolute atomic E-state index is 0.381. The zero-order chi connectivity index (χ0) is 15.6. The highest BCUT2D eigenvalue weighted by molar-refractivity contribution is 7.61. The molecule has 0 fully saturated rings. The largest absolute Gasteiger partial charge is 0.358 e. The van der Waals surface area contributed by atoms with E-state index in [1.165, 1.54) is 29.4 Å². The Bertz CT molecular complexity index is 684. The average molecular weight is 304 g/mol. The molecule has 0 aliphatic rings. The summed E-state index contributed by atoms with van der Waals surface area (Å²) in [6, 6.07) is 11.5. The van der Waals surface area contributed by atoms with Crippen molar-refractivity contribution in [3.63, 3.8) is 0 Å². The minimum Gasteiger partial charge on any atom is -0.321 e. The summed E-state index contributed by atoms with van der Waals surface area (Å²) in [6.07, 6.45) is 0.627. The highest BCUT2D eigenvalue weighted by Gasteiger charge is 2.24. The maximum Gasteiger partial charge on any atom is 0.358 e. The first kappa shape index (κ1) is 16.0. The lowest BCUT2D eigenvalue weighted by Gasteiger charge is -2.16. The predicted molar refractivity (Wildman–Crippen MR) is 86.4 cm³/mol. The fraction of sp³-hybridized carbons (Fsp3) is 0.294. The highest BCUT2D eigenvalue weighted by Crippen LogP contribution is 2.41. The smallest absolute Gasteiger partial charge is 0.321 e. The predicted octanol–water partition coefficient (Wildman–Crippen LogP) is 3.66. The number of hydrogen-bond donors (Lipinski definition) is 1. The minimum atomic E-state index is -3.74. The van der Waals surface area contributed by atoms with Crippen LogP contribution in [0.4, 0.5) is 0 Å². The van der Waals surface area contributed by atoms with Gasteiger partial charge < -0.3 is 9.42 Å². The molecule has 2 aromatic rings. The van der Waals surface area contributed by atoms with Crippen LogP contribution in [-0.2, 0) is 15.5 Å². The normalized spacial score (nSPS) is 14.0. The van der Waals surface area contributed by atoms with Crippen LogP contribution < -0.4 is 5.30 Å². The lowest BCUT2D eigenvalue weighted by Crippen LogP contribution is -2.13. The lowest BCUT2D eigenvalue weighted by molar-refractivity contribution is 0.328. The zero-order valence-corrected chi connectivity index (χ0v) is 13.8. The molecule has 2 rings (SSSR count). The molecule has 112 valence electrons. The molecular formula is C17H21O3P. The summed E-state index contributed by atoms with van der Waals surface area (Å²) in [5.41, 5.74) is 5.66. The molecule has 0 saturated carbocycles. The lowest BCUT2D eigenvalue weighted by atomic mass is 9.94. The fourth-order valence-corrected chi connectivity index (χ4v) is 3.70. The number of hydrogen-bond acceptors (Lipinski definition) is 2. The van der Waals surface area contributed by atoms with Crippen molar-refractivity contribution in [3.8, 4) is 0 Å². The van der Waals surface area contributed by atoms with E-state index in [0.29, 0.717) is 11.7 Å². The Labute approximate surface area is 126 Å². The van der Waals surface area contributed by atoms with Crippen LogP contribution in [0.5, 0.6) is 0 Å². The van der Waals surface area contributed by atoms with Crippen molar-refractivity contribution in [3.05, 3.63) is 64.2 Å². The summed E-state index contributed by atoms with van der Waals surface area (Å²) in [7, 11) is -2.48. The van der Waals surface area contributed by atoms with Gasteiger partial charge in [0.25, 0.3) is 0 Å². The van der Waals surface area contributed by atoms with Crippen molar-refractivity contribution >= 4 is 12.9 Å². The van der Waals surface area contributed by atoms with Crippen LogP contribution in [0.15, 0.2) is 36.4 Å². The first-order chi connectivity index (χ1) is 9.85. The van der Waals surface area contributed by atoms with Gasteiger partial charge in [0, 0.05) is 7.11 Å². The molecule has 0 aliphatic carbocycles. The second-order valence-electron chi connectivity index (χ2n) is 5.39. The molecule has 0 aromatic heterocycles. The molecule has 4 heteroatoms. The third-order valence-electron chi connectivity index (χ3n) is 3.75. The molecule has 0 radical (unpaired) electrons. The van der Waals surface area contributed by atoms with E-state index in [0.717, 1.165) is 5.56 Å². The molecule has 21 heavy (non-hydrogen) atoms. The van der Waals surface area contributed by atoms with E-state index < -0.39 is 7.60 Å². The van der Waals surface area contributed by atoms with E-state index in [-0.39, 0.29) is 0 Å². The highest BCUT2D eigenvalue weighted by atomic mass is 31.2. The van der Waals surface area contributed by atoms with Crippen molar-refractivity contribution in [2.24, 2.45) is 0 Å². The third kappa shape index (κ3) is 3.44. The van der Waals surface area contributed by atoms with Gasteiger partial charge in [0.2, 0.25) is 0 Å². The molecule has 0 amide bonds. The van der Waals surface area contributed by atoms with E-state index in [9.17, 15) is 9.46 Å². The van der Waals surface area contributed by atoms with Gasteiger partial charge in [-0.05, 0) is 55.5 Å². The molecule has 1 N–H and O–H groups in total. The maximum atomic E-state index is 12.2. The van der Waals surface area contributed by atoms with Gasteiger partial charge in [-0.25, -0.2) is 0 Å². The van der Waals surface area contributed by atoms with E-state index in [1.54, 1.807) is 12.1 Å². The molecule has 0 spiro atoms. The van der Waals surface area contributed by atoms with Crippen LogP contribution in [-0.4, -0.2) is 12.0 Å². The molecule has 3 nitrogen and oxygen atoms in total. The Balaban J connectivity index is 2.49. The van der Waals surface area contributed by atoms with Gasteiger partial charge in [-0.3, -0.25) is 4.57 Å². The van der Waals surface area contributed by atoms with Gasteiger partial charge in [-0.2, -0.15) is 0 Å². The molecule has 2 aromatic carbocycles. The number of aryl methyl sites for hydroxylation is 3. The Hall–Kier alpha value is -1.41. The monoisotopic (exact) mass is 304 g/mol. The van der Waals surface area contributed by atoms with Gasteiger partial charge >= 0.3 is 7.60 Å². The van der Waals surface area contributed by atoms with Crippen LogP contribution >= 0.6 is 7.60 Å². The van der Waals surface area contributed by atoms with Crippen molar-refractivity contribution in [2.75, 3.05) is 7.11 Å². The second kappa shape index (κ2) is 6.15. The van der Waals surface area contributed by atoms with E-state index in [2.05, 4.69) is 32.9 Å². The van der Waals surface area contributed by atoms with Gasteiger partial charge in [-0.15, -0.1) is 0 Å². The maximum absolute atomic E-state index is 12.2. The number of rotatable bonds is 4. The standard InChI is InChI=1S/C17H21O3P/c1-12-9-13(2)16(14(3)10-12)11-15-7-5-6-8-17(15)21(18,19)20-4/h5-10H,11H2,1-4H3,(H,18,19). The van der Waals surface area contributed by atoms with Crippen LogP contribution in [0.3, 0.4) is 0 Å². The van der Waals surface area contributed by atoms with Crippen molar-refractivity contribution < 1.29 is 14.0 Å². The molecular weight excluding hydrogens is 283 g/mol. The molecule has 0 saturated heterocycles. The van der Waals surface area contributed by atoms with Crippen molar-refractivity contribution in [1.82, 2.24) is 0 Å². The first-order valence-corrected chi connectivity index (χ1v) is 8.46. The Morgan fingerprint density at radius 3 is 2.24 bits per heavy atom. The van der Waals surface area contributed by atoms with Crippen molar-refractivity contribution in [2.45, 2.75) is 27.2 Å². The molecule has 1 atom stereocenters. The zero-order valence-electron chi connectivity index (χ0n) is 12.9. The fourth-order valence-electron chi connectivity index (χ4n) is 2.71. The van der Waals surface area contributed by atoms with Gasteiger partial charge in [0.05, 0.1) is 5.30 Å². The Morgan fingerprint density at radius 2 is 1.67 bits per heavy atom. The van der Waals surface area contributed by atoms with Crippen LogP contribution in [0.2, 0.25) is 0 Å². The van der Waals surface area contributed by atoms with Gasteiger partial charge in [0.1, 0.15) is 0 Å². The summed E-state index contributed by atoms with van der Waals surface area (Å²) in [4.78, 5) is 9.97. The Morgan fingerprint density at radius 1 is 1.10 bits per heavy atom. The number of benzene rings is 2. The van der Waals surface area contributed by atoms with Gasteiger partial charge in [0.15, 0.2) is 0 Å². The summed E-state index contributed by atoms with van der Waals surface area (Å²) in [5.74, 6) is 0. The van der Waals surface area contributed by atoms with E-state index in [4.69, 9.17) is 4.52 Å². The van der Waals surface area contributed by atoms with Crippen LogP contribution in [0.25, 0.3) is 0 Å². The summed E-state index contributed by atoms with van der Waals surface area (Å²) in [5, 5.41) is 0.381. The summed E-state index contributed by atoms with van der Waals surface area (Å²) < 4.78 is 16.9. The van der Waals surface area contributed by atoms with Crippen molar-refractivity contribution in [1.29, 1.82) is 0 Å². The van der Waals surface area contributed by atoms with E-state index in [1.807, 2.05) is 12.1 Å². The van der Waals surface area contributed by atoms with E-state index >= 15 is 0 Å². The van der Waals surface area contributed by atoms with Crippen LogP contribution in [0, 0.1) is 20.8 Å². The Kier molecular flexibility index (Phi) is 4.67. The second-order valence-corrected chi connectivity index (χ2v) is 7.27. The molecule has 0 aliphatic heterocycles. The molecule has 0 heterocycles. The summed E-state index contributed by atoms with van der Waals surface area (Å²) in [6.45, 7) is 6.23. The third-order valence-corrected chi connectivity index (χ3v) is 5.29. The first-order valence-electron chi connectivity index (χ1n) is 6.89.